The van der Waals surface area contributed by atoms with Gasteiger partial charge in [-0.1, -0.05) is 0 Å². The average molecular weight is 300 g/mol. The van der Waals surface area contributed by atoms with E-state index in [0.717, 1.165) is 22.9 Å². The highest BCUT2D eigenvalue weighted by molar-refractivity contribution is 9.10. The van der Waals surface area contributed by atoms with E-state index >= 15 is 0 Å². The van der Waals surface area contributed by atoms with Crippen LogP contribution in [0.1, 0.15) is 35.1 Å². The van der Waals surface area contributed by atoms with E-state index in [-0.39, 0.29) is 0 Å². The first-order valence-corrected chi connectivity index (χ1v) is 6.79. The molecule has 1 aromatic carbocycles. The summed E-state index contributed by atoms with van der Waals surface area (Å²) in [7, 11) is 0. The zero-order chi connectivity index (χ0) is 12.4. The lowest BCUT2D eigenvalue weighted by atomic mass is 9.85. The summed E-state index contributed by atoms with van der Waals surface area (Å²) in [6, 6.07) is 0. The number of hydrogen-bond donors (Lipinski definition) is 2. The van der Waals surface area contributed by atoms with Crippen molar-refractivity contribution in [2.24, 2.45) is 5.90 Å². The Bertz CT molecular complexity index is 432. The van der Waals surface area contributed by atoms with Crippen LogP contribution in [0.25, 0.3) is 0 Å². The third kappa shape index (κ3) is 2.34. The van der Waals surface area contributed by atoms with Gasteiger partial charge < -0.3 is 9.94 Å². The predicted molar refractivity (Wildman–Crippen MR) is 71.0 cm³/mol. The number of benzene rings is 1. The minimum absolute atomic E-state index is 0.361. The molecule has 1 aliphatic carbocycles. The van der Waals surface area contributed by atoms with Crippen molar-refractivity contribution in [3.63, 3.8) is 0 Å². The average Bonchev–Trinajstić information content (AvgIpc) is 2.36. The van der Waals surface area contributed by atoms with Crippen LogP contribution in [0.4, 0.5) is 0 Å². The smallest absolute Gasteiger partial charge is 0.133 e. The Hall–Kier alpha value is -0.580. The predicted octanol–water partition coefficient (Wildman–Crippen LogP) is 2.77. The number of aromatic hydroxyl groups is 1. The Morgan fingerprint density at radius 2 is 1.94 bits per heavy atom. The van der Waals surface area contributed by atoms with Gasteiger partial charge in [-0.25, -0.2) is 5.90 Å². The first kappa shape index (κ1) is 12.9. The van der Waals surface area contributed by atoms with Gasteiger partial charge in [0.15, 0.2) is 0 Å². The minimum atomic E-state index is 0.361. The molecule has 0 saturated carbocycles. The third-order valence-corrected chi connectivity index (χ3v) is 4.46. The van der Waals surface area contributed by atoms with Crippen LogP contribution in [0.3, 0.4) is 0 Å². The molecule has 0 heterocycles. The molecule has 0 fully saturated rings. The fourth-order valence-corrected chi connectivity index (χ4v) is 3.34. The molecule has 0 saturated heterocycles. The highest BCUT2D eigenvalue weighted by Crippen LogP contribution is 2.40. The summed E-state index contributed by atoms with van der Waals surface area (Å²) < 4.78 is 0.866. The summed E-state index contributed by atoms with van der Waals surface area (Å²) in [4.78, 5) is 4.61. The van der Waals surface area contributed by atoms with E-state index in [0.29, 0.717) is 18.8 Å². The van der Waals surface area contributed by atoms with Crippen LogP contribution >= 0.6 is 15.9 Å². The van der Waals surface area contributed by atoms with Crippen molar-refractivity contribution in [1.29, 1.82) is 0 Å². The molecule has 3 N–H and O–H groups in total. The maximum atomic E-state index is 10.2. The van der Waals surface area contributed by atoms with Crippen LogP contribution in [0.15, 0.2) is 4.47 Å². The van der Waals surface area contributed by atoms with Gasteiger partial charge in [0.1, 0.15) is 5.75 Å². The number of rotatable bonds is 3. The van der Waals surface area contributed by atoms with Crippen molar-refractivity contribution in [1.82, 2.24) is 0 Å². The van der Waals surface area contributed by atoms with Crippen molar-refractivity contribution in [3.05, 3.63) is 26.7 Å². The maximum Gasteiger partial charge on any atom is 0.133 e. The molecular weight excluding hydrogens is 282 g/mol. The molecule has 0 aromatic heterocycles. The van der Waals surface area contributed by atoms with Gasteiger partial charge >= 0.3 is 0 Å². The molecule has 0 bridgehead atoms. The number of halogens is 1. The molecule has 1 aliphatic rings. The van der Waals surface area contributed by atoms with Crippen molar-refractivity contribution < 1.29 is 9.94 Å². The first-order valence-electron chi connectivity index (χ1n) is 6.00. The van der Waals surface area contributed by atoms with Crippen LogP contribution < -0.4 is 5.90 Å². The van der Waals surface area contributed by atoms with Crippen LogP contribution in [0.5, 0.6) is 5.75 Å². The lowest BCUT2D eigenvalue weighted by molar-refractivity contribution is 0.140. The van der Waals surface area contributed by atoms with Gasteiger partial charge in [-0.05, 0) is 65.2 Å². The van der Waals surface area contributed by atoms with Gasteiger partial charge in [-0.3, -0.25) is 0 Å². The van der Waals surface area contributed by atoms with Gasteiger partial charge in [0.25, 0.3) is 0 Å². The zero-order valence-electron chi connectivity index (χ0n) is 10.1. The normalized spacial score (nSPS) is 14.8. The first-order chi connectivity index (χ1) is 8.16. The lowest BCUT2D eigenvalue weighted by Gasteiger charge is -2.23. The number of fused-ring (bicyclic) bond motifs is 1. The summed E-state index contributed by atoms with van der Waals surface area (Å²) >= 11 is 3.52. The molecule has 17 heavy (non-hydrogen) atoms. The highest BCUT2D eigenvalue weighted by atomic mass is 79.9. The van der Waals surface area contributed by atoms with Gasteiger partial charge in [0.05, 0.1) is 11.1 Å². The molecule has 0 radical (unpaired) electrons. The second-order valence-electron chi connectivity index (χ2n) is 4.55. The Morgan fingerprint density at radius 3 is 2.59 bits per heavy atom. The Balaban J connectivity index is 2.49. The van der Waals surface area contributed by atoms with Crippen molar-refractivity contribution in [2.75, 3.05) is 6.61 Å². The van der Waals surface area contributed by atoms with E-state index in [9.17, 15) is 5.11 Å². The Labute approximate surface area is 110 Å². The number of phenols is 1. The lowest BCUT2D eigenvalue weighted by Crippen LogP contribution is -2.11. The molecule has 0 atom stereocenters. The standard InChI is InChI=1S/C13H18BrNO2/c1-8-9-4-2-3-5-11(9)12(14)13(16)10(8)6-7-17-15/h16H,2-7,15H2,1H3. The second kappa shape index (κ2) is 5.38. The summed E-state index contributed by atoms with van der Waals surface area (Å²) in [6.45, 7) is 2.52. The van der Waals surface area contributed by atoms with Crippen LogP contribution in [0, 0.1) is 6.92 Å². The highest BCUT2D eigenvalue weighted by Gasteiger charge is 2.21. The van der Waals surface area contributed by atoms with Crippen LogP contribution in [-0.4, -0.2) is 11.7 Å². The van der Waals surface area contributed by atoms with E-state index in [2.05, 4.69) is 27.7 Å². The van der Waals surface area contributed by atoms with Crippen LogP contribution in [0.2, 0.25) is 0 Å². The molecule has 4 heteroatoms. The monoisotopic (exact) mass is 299 g/mol. The van der Waals surface area contributed by atoms with Gasteiger partial charge in [-0.2, -0.15) is 0 Å². The molecule has 3 nitrogen and oxygen atoms in total. The van der Waals surface area contributed by atoms with Gasteiger partial charge in [0, 0.05) is 12.0 Å². The quantitative estimate of drug-likeness (QED) is 0.844. The molecule has 0 spiro atoms. The maximum absolute atomic E-state index is 10.2. The molecule has 0 unspecified atom stereocenters. The zero-order valence-corrected chi connectivity index (χ0v) is 11.6. The fourth-order valence-electron chi connectivity index (χ4n) is 2.66. The number of hydrogen-bond acceptors (Lipinski definition) is 3. The van der Waals surface area contributed by atoms with E-state index in [1.165, 1.54) is 29.5 Å². The topological polar surface area (TPSA) is 55.5 Å². The summed E-state index contributed by atoms with van der Waals surface area (Å²) in [5, 5.41) is 10.2. The molecule has 0 aliphatic heterocycles. The summed E-state index contributed by atoms with van der Waals surface area (Å²) in [5.74, 6) is 5.42. The SMILES string of the molecule is Cc1c(CCON)c(O)c(Br)c2c1CCCC2. The van der Waals surface area contributed by atoms with E-state index in [1.54, 1.807) is 0 Å². The molecular formula is C13H18BrNO2. The number of nitrogens with two attached hydrogens (primary N) is 1. The van der Waals surface area contributed by atoms with Crippen LogP contribution in [-0.2, 0) is 24.1 Å². The molecule has 0 amide bonds. The fraction of sp³-hybridized carbons (Fsp3) is 0.538. The number of phenolic OH excluding ortho intramolecular Hbond substituents is 1. The minimum Gasteiger partial charge on any atom is -0.506 e. The van der Waals surface area contributed by atoms with E-state index in [1.807, 2.05) is 0 Å². The third-order valence-electron chi connectivity index (χ3n) is 3.60. The van der Waals surface area contributed by atoms with E-state index in [4.69, 9.17) is 5.90 Å². The summed E-state index contributed by atoms with van der Waals surface area (Å²) in [6.07, 6.45) is 5.25. The largest absolute Gasteiger partial charge is 0.506 e. The van der Waals surface area contributed by atoms with E-state index < -0.39 is 0 Å². The van der Waals surface area contributed by atoms with Crippen molar-refractivity contribution in [2.45, 2.75) is 39.0 Å². The second-order valence-corrected chi connectivity index (χ2v) is 5.34. The Morgan fingerprint density at radius 1 is 1.29 bits per heavy atom. The van der Waals surface area contributed by atoms with Gasteiger partial charge in [0.2, 0.25) is 0 Å². The molecule has 1 aromatic rings. The van der Waals surface area contributed by atoms with Gasteiger partial charge in [-0.15, -0.1) is 0 Å². The molecule has 2 rings (SSSR count). The van der Waals surface area contributed by atoms with Crippen molar-refractivity contribution in [3.8, 4) is 5.75 Å². The Kier molecular flexibility index (Phi) is 4.07. The summed E-state index contributed by atoms with van der Waals surface area (Å²) in [5.41, 5.74) is 4.84. The van der Waals surface area contributed by atoms with Crippen molar-refractivity contribution >= 4 is 15.9 Å². The molecule has 94 valence electrons.